The van der Waals surface area contributed by atoms with E-state index in [1.165, 1.54) is 5.56 Å². The quantitative estimate of drug-likeness (QED) is 0.744. The Morgan fingerprint density at radius 3 is 2.62 bits per heavy atom. The van der Waals surface area contributed by atoms with Crippen LogP contribution in [0.3, 0.4) is 0 Å². The molecule has 0 radical (unpaired) electrons. The Morgan fingerprint density at radius 1 is 1.14 bits per heavy atom. The van der Waals surface area contributed by atoms with Crippen molar-refractivity contribution >= 4 is 17.8 Å². The van der Waals surface area contributed by atoms with Gasteiger partial charge in [-0.05, 0) is 30.0 Å². The summed E-state index contributed by atoms with van der Waals surface area (Å²) in [6.45, 7) is 9.81. The van der Waals surface area contributed by atoms with Crippen LogP contribution in [0.4, 0.5) is 5.82 Å². The summed E-state index contributed by atoms with van der Waals surface area (Å²) in [5.41, 5.74) is 1.92. The predicted octanol–water partition coefficient (Wildman–Crippen LogP) is 3.69. The molecule has 3 rings (SSSR count). The van der Waals surface area contributed by atoms with Crippen LogP contribution in [0.15, 0.2) is 54.7 Å². The summed E-state index contributed by atoms with van der Waals surface area (Å²) in [5, 5.41) is 3.00. The molecule has 2 aromatic rings. The molecular formula is C24H32N4O. The molecule has 0 unspecified atom stereocenters. The van der Waals surface area contributed by atoms with Crippen molar-refractivity contribution in [2.45, 2.75) is 20.3 Å². The number of anilines is 1. The molecule has 0 saturated carbocycles. The van der Waals surface area contributed by atoms with E-state index < -0.39 is 0 Å². The minimum absolute atomic E-state index is 0.0148. The maximum absolute atomic E-state index is 12.4. The fraction of sp³-hybridized carbons (Fsp3) is 0.417. The zero-order valence-electron chi connectivity index (χ0n) is 17.6. The molecule has 5 heteroatoms. The lowest BCUT2D eigenvalue weighted by molar-refractivity contribution is 0.0952. The second-order valence-electron chi connectivity index (χ2n) is 7.94. The van der Waals surface area contributed by atoms with E-state index in [9.17, 15) is 4.79 Å². The zero-order valence-corrected chi connectivity index (χ0v) is 17.6. The Balaban J connectivity index is 1.48. The minimum Gasteiger partial charge on any atom is -0.354 e. The molecule has 0 atom stereocenters. The molecule has 0 aliphatic carbocycles. The van der Waals surface area contributed by atoms with Crippen LogP contribution in [0.5, 0.6) is 0 Å². The molecule has 1 aliphatic rings. The Labute approximate surface area is 174 Å². The number of carbonyl (C=O) groups is 1. The van der Waals surface area contributed by atoms with E-state index in [2.05, 4.69) is 70.4 Å². The summed E-state index contributed by atoms with van der Waals surface area (Å²) in [7, 11) is 0. The second-order valence-corrected chi connectivity index (χ2v) is 7.94. The number of aromatic nitrogens is 1. The molecule has 1 aliphatic heterocycles. The van der Waals surface area contributed by atoms with Gasteiger partial charge in [0.15, 0.2) is 0 Å². The van der Waals surface area contributed by atoms with Crippen molar-refractivity contribution in [1.82, 2.24) is 15.2 Å². The molecule has 1 N–H and O–H groups in total. The number of nitrogens with one attached hydrogen (secondary N) is 1. The van der Waals surface area contributed by atoms with Crippen molar-refractivity contribution in [1.29, 1.82) is 0 Å². The summed E-state index contributed by atoms with van der Waals surface area (Å²) in [6.07, 6.45) is 7.13. The SMILES string of the molecule is CC(C)CCNC(=O)c1ccnc(N2CCN(C/C=C/c3ccccc3)CC2)c1. The highest BCUT2D eigenvalue weighted by Gasteiger charge is 2.18. The van der Waals surface area contributed by atoms with Gasteiger partial charge in [0.1, 0.15) is 5.82 Å². The number of nitrogens with zero attached hydrogens (tertiary/aromatic N) is 3. The predicted molar refractivity (Wildman–Crippen MR) is 120 cm³/mol. The highest BCUT2D eigenvalue weighted by atomic mass is 16.1. The van der Waals surface area contributed by atoms with E-state index in [1.54, 1.807) is 12.3 Å². The number of amides is 1. The molecule has 1 aromatic heterocycles. The summed E-state index contributed by atoms with van der Waals surface area (Å²) < 4.78 is 0. The summed E-state index contributed by atoms with van der Waals surface area (Å²) in [5.74, 6) is 1.46. The standard InChI is InChI=1S/C24H32N4O/c1-20(2)10-12-26-24(29)22-11-13-25-23(19-22)28-17-15-27(16-18-28)14-6-9-21-7-4-3-5-8-21/h3-9,11,13,19-20H,10,12,14-18H2,1-2H3,(H,26,29)/b9-6+. The van der Waals surface area contributed by atoms with Crippen LogP contribution in [-0.4, -0.2) is 55.1 Å². The van der Waals surface area contributed by atoms with Gasteiger partial charge in [0, 0.05) is 51.0 Å². The number of benzene rings is 1. The molecule has 154 valence electrons. The van der Waals surface area contributed by atoms with Crippen LogP contribution >= 0.6 is 0 Å². The monoisotopic (exact) mass is 392 g/mol. The summed E-state index contributed by atoms with van der Waals surface area (Å²) >= 11 is 0. The first-order valence-electron chi connectivity index (χ1n) is 10.5. The average molecular weight is 393 g/mol. The van der Waals surface area contributed by atoms with Crippen molar-refractivity contribution < 1.29 is 4.79 Å². The van der Waals surface area contributed by atoms with Gasteiger partial charge >= 0.3 is 0 Å². The molecule has 2 heterocycles. The lowest BCUT2D eigenvalue weighted by atomic mass is 10.1. The van der Waals surface area contributed by atoms with Crippen LogP contribution in [0.25, 0.3) is 6.08 Å². The molecule has 1 amide bonds. The average Bonchev–Trinajstić information content (AvgIpc) is 2.75. The van der Waals surface area contributed by atoms with Crippen molar-refractivity contribution in [3.63, 3.8) is 0 Å². The van der Waals surface area contributed by atoms with E-state index in [1.807, 2.05) is 12.1 Å². The van der Waals surface area contributed by atoms with Gasteiger partial charge in [0.25, 0.3) is 5.91 Å². The molecular weight excluding hydrogens is 360 g/mol. The Morgan fingerprint density at radius 2 is 1.90 bits per heavy atom. The Hall–Kier alpha value is -2.66. The van der Waals surface area contributed by atoms with Crippen LogP contribution in [0, 0.1) is 5.92 Å². The molecule has 5 nitrogen and oxygen atoms in total. The Kier molecular flexibility index (Phi) is 7.82. The van der Waals surface area contributed by atoms with Crippen LogP contribution < -0.4 is 10.2 Å². The first kappa shape index (κ1) is 21.1. The highest BCUT2D eigenvalue weighted by molar-refractivity contribution is 5.94. The minimum atomic E-state index is -0.0148. The lowest BCUT2D eigenvalue weighted by Gasteiger charge is -2.35. The molecule has 1 saturated heterocycles. The Bertz CT molecular complexity index is 796. The zero-order chi connectivity index (χ0) is 20.5. The summed E-state index contributed by atoms with van der Waals surface area (Å²) in [4.78, 5) is 21.6. The van der Waals surface area contributed by atoms with E-state index in [4.69, 9.17) is 0 Å². The van der Waals surface area contributed by atoms with Gasteiger partial charge in [-0.2, -0.15) is 0 Å². The van der Waals surface area contributed by atoms with Crippen LogP contribution in [0.1, 0.15) is 36.2 Å². The van der Waals surface area contributed by atoms with E-state index in [0.29, 0.717) is 18.0 Å². The number of hydrogen-bond acceptors (Lipinski definition) is 4. The first-order chi connectivity index (χ1) is 14.1. The number of hydrogen-bond donors (Lipinski definition) is 1. The third kappa shape index (κ3) is 6.71. The van der Waals surface area contributed by atoms with Crippen molar-refractivity contribution in [3.8, 4) is 0 Å². The second kappa shape index (κ2) is 10.8. The van der Waals surface area contributed by atoms with Gasteiger partial charge < -0.3 is 10.2 Å². The third-order valence-corrected chi connectivity index (χ3v) is 5.18. The largest absolute Gasteiger partial charge is 0.354 e. The molecule has 0 bridgehead atoms. The van der Waals surface area contributed by atoms with Gasteiger partial charge in [0.2, 0.25) is 0 Å². The van der Waals surface area contributed by atoms with Gasteiger partial charge in [-0.3, -0.25) is 9.69 Å². The highest BCUT2D eigenvalue weighted by Crippen LogP contribution is 2.15. The summed E-state index contributed by atoms with van der Waals surface area (Å²) in [6, 6.07) is 14.1. The normalized spacial score (nSPS) is 15.2. The smallest absolute Gasteiger partial charge is 0.251 e. The van der Waals surface area contributed by atoms with E-state index >= 15 is 0 Å². The van der Waals surface area contributed by atoms with E-state index in [-0.39, 0.29) is 5.91 Å². The number of pyridine rings is 1. The van der Waals surface area contributed by atoms with Gasteiger partial charge in [0.05, 0.1) is 0 Å². The van der Waals surface area contributed by atoms with Gasteiger partial charge in [-0.25, -0.2) is 4.98 Å². The van der Waals surface area contributed by atoms with E-state index in [0.717, 1.165) is 45.0 Å². The third-order valence-electron chi connectivity index (χ3n) is 5.18. The topological polar surface area (TPSA) is 48.5 Å². The van der Waals surface area contributed by atoms with Crippen molar-refractivity contribution in [2.24, 2.45) is 5.92 Å². The molecule has 1 fully saturated rings. The first-order valence-corrected chi connectivity index (χ1v) is 10.5. The molecule has 29 heavy (non-hydrogen) atoms. The van der Waals surface area contributed by atoms with Gasteiger partial charge in [-0.1, -0.05) is 56.3 Å². The van der Waals surface area contributed by atoms with Crippen LogP contribution in [0.2, 0.25) is 0 Å². The lowest BCUT2D eigenvalue weighted by Crippen LogP contribution is -2.46. The van der Waals surface area contributed by atoms with Crippen LogP contribution in [-0.2, 0) is 0 Å². The maximum atomic E-state index is 12.4. The van der Waals surface area contributed by atoms with Gasteiger partial charge in [-0.15, -0.1) is 0 Å². The number of rotatable bonds is 8. The molecule has 0 spiro atoms. The van der Waals surface area contributed by atoms with Crippen molar-refractivity contribution in [2.75, 3.05) is 44.2 Å². The van der Waals surface area contributed by atoms with Crippen molar-refractivity contribution in [3.05, 3.63) is 65.9 Å². The number of carbonyl (C=O) groups excluding carboxylic acids is 1. The molecule has 1 aromatic carbocycles. The fourth-order valence-electron chi connectivity index (χ4n) is 3.37. The fourth-order valence-corrected chi connectivity index (χ4v) is 3.37. The number of piperazine rings is 1. The maximum Gasteiger partial charge on any atom is 0.251 e.